The molecule has 23 heavy (non-hydrogen) atoms. The van der Waals surface area contributed by atoms with Gasteiger partial charge in [0.05, 0.1) is 6.61 Å². The summed E-state index contributed by atoms with van der Waals surface area (Å²) >= 11 is 0. The fraction of sp³-hybridized carbons (Fsp3) is 0.350. The van der Waals surface area contributed by atoms with Gasteiger partial charge in [0.1, 0.15) is 12.2 Å². The minimum absolute atomic E-state index is 0.0343. The lowest BCUT2D eigenvalue weighted by Gasteiger charge is -2.21. The molecule has 2 aromatic carbocycles. The van der Waals surface area contributed by atoms with Gasteiger partial charge >= 0.3 is 5.97 Å². The van der Waals surface area contributed by atoms with E-state index in [1.807, 2.05) is 57.2 Å². The summed E-state index contributed by atoms with van der Waals surface area (Å²) in [5.41, 5.74) is 1.85. The highest BCUT2D eigenvalue weighted by molar-refractivity contribution is 5.71. The van der Waals surface area contributed by atoms with Crippen LogP contribution in [0, 0.1) is 0 Å². The molecule has 0 saturated carbocycles. The minimum Gasteiger partial charge on any atom is -0.458 e. The molecule has 0 aromatic heterocycles. The first-order valence-electron chi connectivity index (χ1n) is 7.85. The van der Waals surface area contributed by atoms with E-state index in [1.165, 1.54) is 11.1 Å². The number of hydrogen-bond donors (Lipinski definition) is 0. The normalized spacial score (nSPS) is 11.5. The lowest BCUT2D eigenvalue weighted by Crippen LogP contribution is -2.27. The van der Waals surface area contributed by atoms with Crippen molar-refractivity contribution in [2.45, 2.75) is 32.3 Å². The zero-order valence-corrected chi connectivity index (χ0v) is 14.0. The van der Waals surface area contributed by atoms with E-state index in [1.54, 1.807) is 0 Å². The van der Waals surface area contributed by atoms with E-state index in [0.717, 1.165) is 0 Å². The molecule has 0 N–H and O–H groups in total. The smallest absolute Gasteiger partial charge is 0.332 e. The summed E-state index contributed by atoms with van der Waals surface area (Å²) in [5.74, 6) is -0.239. The number of carbonyl (C=O) groups excluding carboxylic acids is 1. The highest BCUT2D eigenvalue weighted by Crippen LogP contribution is 2.24. The number of ether oxygens (including phenoxy) is 2. The fourth-order valence-corrected chi connectivity index (χ4v) is 2.39. The van der Waals surface area contributed by atoms with E-state index in [0.29, 0.717) is 6.61 Å². The van der Waals surface area contributed by atoms with Crippen LogP contribution in [-0.2, 0) is 14.3 Å². The maximum absolute atomic E-state index is 11.8. The first-order valence-corrected chi connectivity index (χ1v) is 7.85. The van der Waals surface area contributed by atoms with Crippen LogP contribution in [0.1, 0.15) is 37.8 Å². The molecule has 0 spiro atoms. The van der Waals surface area contributed by atoms with Crippen LogP contribution in [0.25, 0.3) is 0 Å². The predicted molar refractivity (Wildman–Crippen MR) is 91.4 cm³/mol. The van der Waals surface area contributed by atoms with Crippen molar-refractivity contribution in [3.8, 4) is 0 Å². The average molecular weight is 312 g/mol. The Morgan fingerprint density at radius 1 is 0.913 bits per heavy atom. The molecule has 0 atom stereocenters. The molecule has 0 aliphatic carbocycles. The second-order valence-electron chi connectivity index (χ2n) is 6.48. The van der Waals surface area contributed by atoms with Gasteiger partial charge in [-0.1, -0.05) is 60.7 Å². The van der Waals surface area contributed by atoms with E-state index in [4.69, 9.17) is 9.47 Å². The molecule has 3 nitrogen and oxygen atoms in total. The van der Waals surface area contributed by atoms with Crippen molar-refractivity contribution in [1.82, 2.24) is 0 Å². The molecule has 3 heteroatoms. The van der Waals surface area contributed by atoms with Gasteiger partial charge in [-0.25, -0.2) is 4.79 Å². The monoisotopic (exact) mass is 312 g/mol. The number of carbonyl (C=O) groups is 1. The highest BCUT2D eigenvalue weighted by atomic mass is 16.6. The zero-order chi connectivity index (χ0) is 16.7. The number of esters is 1. The minimum atomic E-state index is -0.487. The second-order valence-corrected chi connectivity index (χ2v) is 6.48. The summed E-state index contributed by atoms with van der Waals surface area (Å²) in [6.45, 7) is 5.95. The quantitative estimate of drug-likeness (QED) is 0.751. The summed E-state index contributed by atoms with van der Waals surface area (Å²) in [6.07, 6.45) is 0. The first kappa shape index (κ1) is 17.2. The molecule has 122 valence electrons. The standard InChI is InChI=1S/C20H24O3/c1-20(2,3)23-19(21)15-22-14-18(16-10-6-4-7-11-16)17-12-8-5-9-13-17/h4-13,18H,14-15H2,1-3H3. The zero-order valence-electron chi connectivity index (χ0n) is 14.0. The van der Waals surface area contributed by atoms with Crippen molar-refractivity contribution < 1.29 is 14.3 Å². The summed E-state index contributed by atoms with van der Waals surface area (Å²) in [5, 5.41) is 0. The summed E-state index contributed by atoms with van der Waals surface area (Å²) in [7, 11) is 0. The van der Waals surface area contributed by atoms with E-state index < -0.39 is 5.60 Å². The molecule has 0 saturated heterocycles. The third-order valence-corrected chi connectivity index (χ3v) is 3.33. The third kappa shape index (κ3) is 5.87. The van der Waals surface area contributed by atoms with Crippen molar-refractivity contribution in [2.24, 2.45) is 0 Å². The van der Waals surface area contributed by atoms with Gasteiger partial charge in [0.15, 0.2) is 0 Å². The van der Waals surface area contributed by atoms with Crippen molar-refractivity contribution in [1.29, 1.82) is 0 Å². The predicted octanol–water partition coefficient (Wildman–Crippen LogP) is 4.18. The Bertz CT molecular complexity index is 560. The van der Waals surface area contributed by atoms with Crippen molar-refractivity contribution in [3.05, 3.63) is 71.8 Å². The van der Waals surface area contributed by atoms with Crippen LogP contribution in [0.3, 0.4) is 0 Å². The lowest BCUT2D eigenvalue weighted by molar-refractivity contribution is -0.160. The Balaban J connectivity index is 2.01. The van der Waals surface area contributed by atoms with Crippen LogP contribution in [0.5, 0.6) is 0 Å². The molecule has 0 amide bonds. The number of benzene rings is 2. The van der Waals surface area contributed by atoms with E-state index in [-0.39, 0.29) is 18.5 Å². The fourth-order valence-electron chi connectivity index (χ4n) is 2.39. The molecule has 0 fully saturated rings. The Hall–Kier alpha value is -2.13. The van der Waals surface area contributed by atoms with Crippen LogP contribution < -0.4 is 0 Å². The molecule has 0 aliphatic heterocycles. The Morgan fingerprint density at radius 3 is 1.83 bits per heavy atom. The molecule has 0 aliphatic rings. The molecular formula is C20H24O3. The molecule has 0 unspecified atom stereocenters. The number of hydrogen-bond acceptors (Lipinski definition) is 3. The van der Waals surface area contributed by atoms with Gasteiger partial charge in [-0.3, -0.25) is 0 Å². The van der Waals surface area contributed by atoms with Gasteiger partial charge in [0, 0.05) is 5.92 Å². The van der Waals surface area contributed by atoms with Gasteiger partial charge in [-0.2, -0.15) is 0 Å². The van der Waals surface area contributed by atoms with Crippen LogP contribution in [0.4, 0.5) is 0 Å². The summed E-state index contributed by atoms with van der Waals surface area (Å²) in [6, 6.07) is 20.3. The molecule has 0 bridgehead atoms. The first-order chi connectivity index (χ1) is 11.0. The Labute approximate surface area is 138 Å². The topological polar surface area (TPSA) is 35.5 Å². The largest absolute Gasteiger partial charge is 0.458 e. The van der Waals surface area contributed by atoms with Gasteiger partial charge < -0.3 is 9.47 Å². The van der Waals surface area contributed by atoms with Crippen molar-refractivity contribution in [3.63, 3.8) is 0 Å². The molecule has 2 aromatic rings. The molecule has 2 rings (SSSR count). The van der Waals surface area contributed by atoms with Crippen LogP contribution in [0.15, 0.2) is 60.7 Å². The van der Waals surface area contributed by atoms with E-state index >= 15 is 0 Å². The van der Waals surface area contributed by atoms with E-state index in [2.05, 4.69) is 24.3 Å². The highest BCUT2D eigenvalue weighted by Gasteiger charge is 2.18. The van der Waals surface area contributed by atoms with Gasteiger partial charge in [0.25, 0.3) is 0 Å². The summed E-state index contributed by atoms with van der Waals surface area (Å²) < 4.78 is 10.9. The Morgan fingerprint density at radius 2 is 1.39 bits per heavy atom. The van der Waals surface area contributed by atoms with E-state index in [9.17, 15) is 4.79 Å². The second kappa shape index (κ2) is 7.93. The van der Waals surface area contributed by atoms with Gasteiger partial charge in [-0.05, 0) is 31.9 Å². The van der Waals surface area contributed by atoms with Crippen LogP contribution in [0.2, 0.25) is 0 Å². The summed E-state index contributed by atoms with van der Waals surface area (Å²) in [4.78, 5) is 11.8. The maximum atomic E-state index is 11.8. The van der Waals surface area contributed by atoms with Crippen molar-refractivity contribution in [2.75, 3.05) is 13.2 Å². The third-order valence-electron chi connectivity index (χ3n) is 3.33. The maximum Gasteiger partial charge on any atom is 0.332 e. The van der Waals surface area contributed by atoms with Gasteiger partial charge in [-0.15, -0.1) is 0 Å². The van der Waals surface area contributed by atoms with Crippen molar-refractivity contribution >= 4 is 5.97 Å². The van der Waals surface area contributed by atoms with Crippen LogP contribution in [-0.4, -0.2) is 24.8 Å². The molecule has 0 heterocycles. The lowest BCUT2D eigenvalue weighted by atomic mass is 9.92. The van der Waals surface area contributed by atoms with Crippen LogP contribution >= 0.6 is 0 Å². The molecule has 0 radical (unpaired) electrons. The number of rotatable bonds is 6. The average Bonchev–Trinajstić information content (AvgIpc) is 2.51. The SMILES string of the molecule is CC(C)(C)OC(=O)COCC(c1ccccc1)c1ccccc1. The Kier molecular flexibility index (Phi) is 5.94. The molecular weight excluding hydrogens is 288 g/mol. The van der Waals surface area contributed by atoms with Gasteiger partial charge in [0.2, 0.25) is 0 Å².